The van der Waals surface area contributed by atoms with Crippen LogP contribution in [-0.2, 0) is 4.51 Å². The van der Waals surface area contributed by atoms with E-state index in [1.54, 1.807) is 18.3 Å². The van der Waals surface area contributed by atoms with E-state index < -0.39 is 4.51 Å². The van der Waals surface area contributed by atoms with Gasteiger partial charge < -0.3 is 5.11 Å². The molecule has 68 valence electrons. The quantitative estimate of drug-likeness (QED) is 0.775. The van der Waals surface area contributed by atoms with Crippen LogP contribution in [0.25, 0.3) is 10.1 Å². The van der Waals surface area contributed by atoms with Crippen molar-refractivity contribution in [2.75, 3.05) is 0 Å². The van der Waals surface area contributed by atoms with Crippen LogP contribution in [-0.4, -0.2) is 5.11 Å². The van der Waals surface area contributed by atoms with Crippen molar-refractivity contribution in [3.63, 3.8) is 0 Å². The second-order valence-corrected chi connectivity index (χ2v) is 5.73. The molecule has 1 unspecified atom stereocenters. The Bertz CT molecular complexity index is 395. The smallest absolute Gasteiger partial charge is 0.151 e. The summed E-state index contributed by atoms with van der Waals surface area (Å²) in [4.78, 5) is 0.939. The fourth-order valence-electron chi connectivity index (χ4n) is 1.21. The normalized spacial score (nSPS) is 15.9. The minimum Gasteiger partial charge on any atom is -0.374 e. The Labute approximate surface area is 89.1 Å². The van der Waals surface area contributed by atoms with Crippen molar-refractivity contribution >= 4 is 37.4 Å². The molecule has 1 nitrogen and oxygen atoms in total. The average molecular weight is 257 g/mol. The molecule has 0 saturated heterocycles. The number of rotatable bonds is 1. The summed E-state index contributed by atoms with van der Waals surface area (Å²) in [5, 5.41) is 10.9. The summed E-state index contributed by atoms with van der Waals surface area (Å²) in [6, 6.07) is 10.1. The van der Waals surface area contributed by atoms with Gasteiger partial charge in [0, 0.05) is 9.58 Å². The number of alkyl halides is 1. The first-order valence-electron chi connectivity index (χ1n) is 3.98. The number of aliphatic hydroxyl groups is 1. The van der Waals surface area contributed by atoms with Crippen LogP contribution in [0.5, 0.6) is 0 Å². The first-order chi connectivity index (χ1) is 6.07. The summed E-state index contributed by atoms with van der Waals surface area (Å²) >= 11 is 4.84. The van der Waals surface area contributed by atoms with E-state index >= 15 is 0 Å². The van der Waals surface area contributed by atoms with Gasteiger partial charge in [0.1, 0.15) is 0 Å². The highest BCUT2D eigenvalue weighted by molar-refractivity contribution is 9.09. The van der Waals surface area contributed by atoms with Gasteiger partial charge in [-0.15, -0.1) is 11.3 Å². The van der Waals surface area contributed by atoms with Gasteiger partial charge in [0.15, 0.2) is 4.51 Å². The van der Waals surface area contributed by atoms with Gasteiger partial charge in [0.05, 0.1) is 0 Å². The number of fused-ring (bicyclic) bond motifs is 1. The van der Waals surface area contributed by atoms with E-state index in [1.807, 2.05) is 24.3 Å². The summed E-state index contributed by atoms with van der Waals surface area (Å²) in [5.41, 5.74) is 0. The molecule has 3 heteroatoms. The molecule has 1 atom stereocenters. The van der Waals surface area contributed by atoms with Gasteiger partial charge in [-0.25, -0.2) is 0 Å². The maximum atomic E-state index is 9.72. The average Bonchev–Trinajstić information content (AvgIpc) is 2.45. The molecule has 0 radical (unpaired) electrons. The van der Waals surface area contributed by atoms with E-state index in [9.17, 15) is 5.11 Å². The summed E-state index contributed by atoms with van der Waals surface area (Å²) < 4.78 is 0.300. The van der Waals surface area contributed by atoms with Gasteiger partial charge in [0.25, 0.3) is 0 Å². The topological polar surface area (TPSA) is 20.2 Å². The standard InChI is InChI=1S/C10H9BrOS/c1-10(11,12)9-6-7-4-2-3-5-8(7)13-9/h2-6,12H,1H3. The summed E-state index contributed by atoms with van der Waals surface area (Å²) in [5.74, 6) is 0. The molecule has 2 rings (SSSR count). The van der Waals surface area contributed by atoms with Gasteiger partial charge in [0.2, 0.25) is 0 Å². The van der Waals surface area contributed by atoms with Crippen LogP contribution in [0.4, 0.5) is 0 Å². The molecule has 0 bridgehead atoms. The first kappa shape index (κ1) is 9.19. The molecule has 0 aliphatic heterocycles. The fourth-order valence-corrected chi connectivity index (χ4v) is 2.56. The van der Waals surface area contributed by atoms with Crippen molar-refractivity contribution in [3.8, 4) is 0 Å². The van der Waals surface area contributed by atoms with Crippen LogP contribution in [0.15, 0.2) is 30.3 Å². The SMILES string of the molecule is CC(O)(Br)c1cc2ccccc2s1. The lowest BCUT2D eigenvalue weighted by molar-refractivity contribution is 0.171. The summed E-state index contributed by atoms with van der Waals surface area (Å²) in [6.45, 7) is 1.73. The van der Waals surface area contributed by atoms with Gasteiger partial charge in [-0.1, -0.05) is 18.2 Å². The molecule has 0 saturated carbocycles. The Balaban J connectivity index is 2.63. The van der Waals surface area contributed by atoms with Crippen molar-refractivity contribution in [2.45, 2.75) is 11.4 Å². The minimum absolute atomic E-state index is 0.906. The molecule has 1 heterocycles. The van der Waals surface area contributed by atoms with E-state index in [2.05, 4.69) is 22.0 Å². The Morgan fingerprint density at radius 1 is 1.38 bits per heavy atom. The largest absolute Gasteiger partial charge is 0.374 e. The zero-order valence-corrected chi connectivity index (χ0v) is 9.52. The van der Waals surface area contributed by atoms with Gasteiger partial charge >= 0.3 is 0 Å². The number of hydrogen-bond donors (Lipinski definition) is 1. The van der Waals surface area contributed by atoms with Crippen molar-refractivity contribution < 1.29 is 5.11 Å². The minimum atomic E-state index is -0.906. The molecule has 0 spiro atoms. The van der Waals surface area contributed by atoms with Crippen LogP contribution in [0.1, 0.15) is 11.8 Å². The third-order valence-corrected chi connectivity index (χ3v) is 3.89. The van der Waals surface area contributed by atoms with Crippen LogP contribution in [0, 0.1) is 0 Å². The van der Waals surface area contributed by atoms with Gasteiger partial charge in [-0.2, -0.15) is 0 Å². The van der Waals surface area contributed by atoms with Gasteiger partial charge in [-0.05, 0) is 40.4 Å². The molecular formula is C10H9BrOS. The zero-order chi connectivity index (χ0) is 9.47. The lowest BCUT2D eigenvalue weighted by atomic mass is 10.2. The van der Waals surface area contributed by atoms with Crippen LogP contribution < -0.4 is 0 Å². The van der Waals surface area contributed by atoms with E-state index in [4.69, 9.17) is 0 Å². The second-order valence-electron chi connectivity index (χ2n) is 3.10. The summed E-state index contributed by atoms with van der Waals surface area (Å²) in [6.07, 6.45) is 0. The van der Waals surface area contributed by atoms with Crippen LogP contribution in [0.3, 0.4) is 0 Å². The molecule has 0 fully saturated rings. The molecule has 0 aliphatic rings. The number of benzene rings is 1. The lowest BCUT2D eigenvalue weighted by Crippen LogP contribution is -2.07. The summed E-state index contributed by atoms with van der Waals surface area (Å²) in [7, 11) is 0. The highest BCUT2D eigenvalue weighted by Gasteiger charge is 2.20. The molecule has 0 aliphatic carbocycles. The molecule has 2 aromatic rings. The van der Waals surface area contributed by atoms with Crippen LogP contribution >= 0.6 is 27.3 Å². The Kier molecular flexibility index (Phi) is 2.18. The van der Waals surface area contributed by atoms with E-state index in [1.165, 1.54) is 10.1 Å². The molecule has 1 aromatic carbocycles. The zero-order valence-electron chi connectivity index (χ0n) is 7.12. The fraction of sp³-hybridized carbons (Fsp3) is 0.200. The van der Waals surface area contributed by atoms with Crippen molar-refractivity contribution in [2.24, 2.45) is 0 Å². The predicted octanol–water partition coefficient (Wildman–Crippen LogP) is 3.46. The molecule has 0 amide bonds. The second kappa shape index (κ2) is 3.08. The van der Waals surface area contributed by atoms with Gasteiger partial charge in [-0.3, -0.25) is 0 Å². The highest BCUT2D eigenvalue weighted by atomic mass is 79.9. The Morgan fingerprint density at radius 3 is 2.69 bits per heavy atom. The third kappa shape index (κ3) is 1.77. The Morgan fingerprint density at radius 2 is 2.08 bits per heavy atom. The highest BCUT2D eigenvalue weighted by Crippen LogP contribution is 2.36. The maximum Gasteiger partial charge on any atom is 0.151 e. The predicted molar refractivity (Wildman–Crippen MR) is 60.3 cm³/mol. The number of halogens is 1. The Hall–Kier alpha value is -0.380. The van der Waals surface area contributed by atoms with Crippen molar-refractivity contribution in [3.05, 3.63) is 35.2 Å². The maximum absolute atomic E-state index is 9.72. The lowest BCUT2D eigenvalue weighted by Gasteiger charge is -2.11. The van der Waals surface area contributed by atoms with E-state index in [0.29, 0.717) is 0 Å². The van der Waals surface area contributed by atoms with E-state index in [0.717, 1.165) is 4.88 Å². The van der Waals surface area contributed by atoms with Crippen molar-refractivity contribution in [1.29, 1.82) is 0 Å². The van der Waals surface area contributed by atoms with Crippen molar-refractivity contribution in [1.82, 2.24) is 0 Å². The van der Waals surface area contributed by atoms with Crippen LogP contribution in [0.2, 0.25) is 0 Å². The molecule has 1 aromatic heterocycles. The monoisotopic (exact) mass is 256 g/mol. The molecule has 13 heavy (non-hydrogen) atoms. The van der Waals surface area contributed by atoms with E-state index in [-0.39, 0.29) is 0 Å². The number of hydrogen-bond acceptors (Lipinski definition) is 2. The third-order valence-electron chi connectivity index (χ3n) is 1.88. The first-order valence-corrected chi connectivity index (χ1v) is 5.59. The number of thiophene rings is 1. The molecular weight excluding hydrogens is 248 g/mol. The molecule has 1 N–H and O–H groups in total.